The first-order chi connectivity index (χ1) is 9.17. The van der Waals surface area contributed by atoms with Gasteiger partial charge in [0, 0.05) is 17.6 Å². The van der Waals surface area contributed by atoms with E-state index in [1.165, 1.54) is 10.4 Å². The number of carbonyl (C=O) groups is 1. The molecular formula is C12H14BrFN2O3S. The summed E-state index contributed by atoms with van der Waals surface area (Å²) in [6.07, 6.45) is 0.375. The molecule has 1 fully saturated rings. The molecule has 0 saturated carbocycles. The summed E-state index contributed by atoms with van der Waals surface area (Å²) < 4.78 is 39.4. The molecule has 1 aromatic rings. The lowest BCUT2D eigenvalue weighted by Gasteiger charge is -2.21. The Labute approximate surface area is 125 Å². The molecule has 0 bridgehead atoms. The Morgan fingerprint density at radius 2 is 2.15 bits per heavy atom. The topological polar surface area (TPSA) is 80.5 Å². The number of halogens is 2. The summed E-state index contributed by atoms with van der Waals surface area (Å²) in [6, 6.07) is 3.38. The number of hydrogen-bond donors (Lipinski definition) is 1. The Morgan fingerprint density at radius 3 is 2.65 bits per heavy atom. The molecule has 1 amide bonds. The standard InChI is InChI=1S/C12H14BrFN2O3S/c1-12(11(15)17)4-5-16(7-12)20(18,19)10-3-2-8(14)6-9(10)13/h2-3,6H,4-5,7H2,1H3,(H2,15,17). The summed E-state index contributed by atoms with van der Waals surface area (Å²) in [5, 5.41) is 0. The van der Waals surface area contributed by atoms with Crippen molar-refractivity contribution in [2.45, 2.75) is 18.2 Å². The van der Waals surface area contributed by atoms with Crippen LogP contribution >= 0.6 is 15.9 Å². The lowest BCUT2D eigenvalue weighted by molar-refractivity contribution is -0.126. The summed E-state index contributed by atoms with van der Waals surface area (Å²) in [5.74, 6) is -1.05. The molecule has 110 valence electrons. The molecule has 1 unspecified atom stereocenters. The van der Waals surface area contributed by atoms with Crippen molar-refractivity contribution >= 4 is 31.9 Å². The highest BCUT2D eigenvalue weighted by Gasteiger charge is 2.44. The molecule has 2 N–H and O–H groups in total. The number of primary amides is 1. The molecular weight excluding hydrogens is 351 g/mol. The third kappa shape index (κ3) is 2.59. The van der Waals surface area contributed by atoms with Crippen molar-refractivity contribution in [3.05, 3.63) is 28.5 Å². The van der Waals surface area contributed by atoms with E-state index < -0.39 is 27.2 Å². The molecule has 5 nitrogen and oxygen atoms in total. The van der Waals surface area contributed by atoms with Gasteiger partial charge in [-0.25, -0.2) is 12.8 Å². The first-order valence-electron chi connectivity index (χ1n) is 5.92. The van der Waals surface area contributed by atoms with E-state index in [2.05, 4.69) is 15.9 Å². The van der Waals surface area contributed by atoms with E-state index in [1.807, 2.05) is 0 Å². The van der Waals surface area contributed by atoms with Crippen LogP contribution in [0.15, 0.2) is 27.6 Å². The van der Waals surface area contributed by atoms with Gasteiger partial charge in [-0.2, -0.15) is 4.31 Å². The largest absolute Gasteiger partial charge is 0.369 e. The van der Waals surface area contributed by atoms with Gasteiger partial charge in [-0.05, 0) is 47.5 Å². The van der Waals surface area contributed by atoms with Gasteiger partial charge in [-0.1, -0.05) is 0 Å². The second kappa shape index (κ2) is 5.09. The van der Waals surface area contributed by atoms with Crippen LogP contribution in [-0.2, 0) is 14.8 Å². The highest BCUT2D eigenvalue weighted by atomic mass is 79.9. The Hall–Kier alpha value is -0.990. The molecule has 20 heavy (non-hydrogen) atoms. The third-order valence-corrected chi connectivity index (χ3v) is 6.37. The van der Waals surface area contributed by atoms with Crippen LogP contribution < -0.4 is 5.73 Å². The van der Waals surface area contributed by atoms with Crippen LogP contribution in [0.25, 0.3) is 0 Å². The summed E-state index contributed by atoms with van der Waals surface area (Å²) >= 11 is 3.05. The molecule has 2 rings (SSSR count). The molecule has 1 saturated heterocycles. The number of benzene rings is 1. The van der Waals surface area contributed by atoms with Gasteiger partial charge in [-0.3, -0.25) is 4.79 Å². The minimum Gasteiger partial charge on any atom is -0.369 e. The van der Waals surface area contributed by atoms with E-state index in [1.54, 1.807) is 6.92 Å². The van der Waals surface area contributed by atoms with Gasteiger partial charge in [0.15, 0.2) is 0 Å². The fourth-order valence-corrected chi connectivity index (χ4v) is 4.72. The maximum atomic E-state index is 13.0. The zero-order valence-corrected chi connectivity index (χ0v) is 13.2. The van der Waals surface area contributed by atoms with Crippen molar-refractivity contribution in [1.82, 2.24) is 4.31 Å². The summed E-state index contributed by atoms with van der Waals surface area (Å²) in [5.41, 5.74) is 4.45. The molecule has 0 radical (unpaired) electrons. The van der Waals surface area contributed by atoms with Gasteiger partial charge in [0.25, 0.3) is 0 Å². The van der Waals surface area contributed by atoms with Gasteiger partial charge in [-0.15, -0.1) is 0 Å². The molecule has 0 aliphatic carbocycles. The lowest BCUT2D eigenvalue weighted by Crippen LogP contribution is -2.38. The molecule has 1 aromatic carbocycles. The van der Waals surface area contributed by atoms with Crippen molar-refractivity contribution in [1.29, 1.82) is 0 Å². The maximum Gasteiger partial charge on any atom is 0.244 e. The van der Waals surface area contributed by atoms with Crippen molar-refractivity contribution in [2.24, 2.45) is 11.1 Å². The van der Waals surface area contributed by atoms with Crippen LogP contribution in [0.3, 0.4) is 0 Å². The van der Waals surface area contributed by atoms with Crippen molar-refractivity contribution < 1.29 is 17.6 Å². The van der Waals surface area contributed by atoms with Crippen LogP contribution in [0.4, 0.5) is 4.39 Å². The van der Waals surface area contributed by atoms with Crippen LogP contribution in [0.1, 0.15) is 13.3 Å². The summed E-state index contributed by atoms with van der Waals surface area (Å²) in [4.78, 5) is 11.4. The third-order valence-electron chi connectivity index (χ3n) is 3.54. The first kappa shape index (κ1) is 15.4. The normalized spacial score (nSPS) is 23.9. The van der Waals surface area contributed by atoms with Crippen LogP contribution in [0, 0.1) is 11.2 Å². The molecule has 0 spiro atoms. The van der Waals surface area contributed by atoms with Gasteiger partial charge in [0.2, 0.25) is 15.9 Å². The van der Waals surface area contributed by atoms with Crippen molar-refractivity contribution in [3.8, 4) is 0 Å². The highest BCUT2D eigenvalue weighted by molar-refractivity contribution is 9.10. The number of hydrogen-bond acceptors (Lipinski definition) is 3. The van der Waals surface area contributed by atoms with Gasteiger partial charge >= 0.3 is 0 Å². The second-order valence-corrected chi connectivity index (χ2v) is 7.85. The van der Waals surface area contributed by atoms with Crippen LogP contribution in [-0.4, -0.2) is 31.7 Å². The van der Waals surface area contributed by atoms with Crippen LogP contribution in [0.5, 0.6) is 0 Å². The summed E-state index contributed by atoms with van der Waals surface area (Å²) in [6.45, 7) is 1.89. The average molecular weight is 365 g/mol. The predicted octanol–water partition coefficient (Wildman–Crippen LogP) is 1.47. The van der Waals surface area contributed by atoms with E-state index in [0.717, 1.165) is 12.1 Å². The predicted molar refractivity (Wildman–Crippen MR) is 74.8 cm³/mol. The number of nitrogens with two attached hydrogens (primary N) is 1. The number of nitrogens with zero attached hydrogens (tertiary/aromatic N) is 1. The van der Waals surface area contributed by atoms with Gasteiger partial charge in [0.05, 0.1) is 10.3 Å². The second-order valence-electron chi connectivity index (χ2n) is 5.09. The Bertz CT molecular complexity index is 665. The number of sulfonamides is 1. The van der Waals surface area contributed by atoms with E-state index in [0.29, 0.717) is 6.42 Å². The Morgan fingerprint density at radius 1 is 1.50 bits per heavy atom. The minimum absolute atomic E-state index is 0.0207. The zero-order chi connectivity index (χ0) is 15.1. The maximum absolute atomic E-state index is 13.0. The quantitative estimate of drug-likeness (QED) is 0.881. The number of amides is 1. The minimum atomic E-state index is -3.78. The van der Waals surface area contributed by atoms with Crippen LogP contribution in [0.2, 0.25) is 0 Å². The average Bonchev–Trinajstić information content (AvgIpc) is 2.73. The molecule has 1 aliphatic rings. The highest BCUT2D eigenvalue weighted by Crippen LogP contribution is 2.35. The SMILES string of the molecule is CC1(C(N)=O)CCN(S(=O)(=O)c2ccc(F)cc2Br)C1. The Kier molecular flexibility index (Phi) is 3.92. The first-order valence-corrected chi connectivity index (χ1v) is 8.15. The number of rotatable bonds is 3. The molecule has 1 heterocycles. The van der Waals surface area contributed by atoms with E-state index in [4.69, 9.17) is 5.73 Å². The van der Waals surface area contributed by atoms with E-state index in [-0.39, 0.29) is 22.5 Å². The van der Waals surface area contributed by atoms with Crippen molar-refractivity contribution in [2.75, 3.05) is 13.1 Å². The zero-order valence-electron chi connectivity index (χ0n) is 10.8. The van der Waals surface area contributed by atoms with E-state index in [9.17, 15) is 17.6 Å². The Balaban J connectivity index is 2.35. The molecule has 0 aromatic heterocycles. The van der Waals surface area contributed by atoms with Gasteiger partial charge < -0.3 is 5.73 Å². The molecule has 8 heteroatoms. The number of carbonyl (C=O) groups excluding carboxylic acids is 1. The fraction of sp³-hybridized carbons (Fsp3) is 0.417. The smallest absolute Gasteiger partial charge is 0.244 e. The molecule has 1 aliphatic heterocycles. The monoisotopic (exact) mass is 364 g/mol. The van der Waals surface area contributed by atoms with Gasteiger partial charge in [0.1, 0.15) is 5.82 Å². The fourth-order valence-electron chi connectivity index (χ4n) is 2.15. The van der Waals surface area contributed by atoms with E-state index >= 15 is 0 Å². The summed E-state index contributed by atoms with van der Waals surface area (Å²) in [7, 11) is -3.78. The molecule has 1 atom stereocenters. The lowest BCUT2D eigenvalue weighted by atomic mass is 9.89. The van der Waals surface area contributed by atoms with Crippen molar-refractivity contribution in [3.63, 3.8) is 0 Å².